The number of aromatic nitrogens is 1. The molecule has 1 aliphatic carbocycles. The molecule has 1 saturated carbocycles. The number of anilines is 1. The molecule has 37 heavy (non-hydrogen) atoms. The number of benzene rings is 2. The quantitative estimate of drug-likeness (QED) is 0.264. The van der Waals surface area contributed by atoms with E-state index in [4.69, 9.17) is 17.0 Å². The van der Waals surface area contributed by atoms with Gasteiger partial charge in [0, 0.05) is 74.1 Å². The number of nitrogens with zero attached hydrogens (tertiary/aromatic N) is 3. The van der Waals surface area contributed by atoms with Crippen LogP contribution in [0.5, 0.6) is 0 Å². The minimum atomic E-state index is -0.911. The summed E-state index contributed by atoms with van der Waals surface area (Å²) in [6, 6.07) is 11.6. The number of carboxylic acids is 1. The van der Waals surface area contributed by atoms with Gasteiger partial charge in [-0.3, -0.25) is 10.3 Å². The number of carbonyl (C=O) groups is 1. The first-order valence-electron chi connectivity index (χ1n) is 12.8. The van der Waals surface area contributed by atoms with Gasteiger partial charge >= 0.3 is 5.97 Å². The van der Waals surface area contributed by atoms with E-state index in [1.54, 1.807) is 12.3 Å². The Hall–Kier alpha value is -3.29. The molecule has 0 amide bonds. The van der Waals surface area contributed by atoms with E-state index in [9.17, 15) is 15.0 Å². The molecule has 2 heterocycles. The number of hydrogen-bond donors (Lipinski definition) is 3. The van der Waals surface area contributed by atoms with Gasteiger partial charge in [0.25, 0.3) is 0 Å². The molecule has 2 aromatic carbocycles. The fraction of sp³-hybridized carbons (Fsp3) is 0.379. The summed E-state index contributed by atoms with van der Waals surface area (Å²) in [4.78, 5) is 16.2. The van der Waals surface area contributed by atoms with Crippen molar-refractivity contribution < 1.29 is 15.0 Å². The number of aromatic carboxylic acids is 1. The SMILES string of the molecule is Cc1cccc(Cl)c1C(=N)/C(CCN1CCN(c2ccc3c(C(=O)O)cn(C)c3c2)CC1)=C(\O)C1CC1. The highest BCUT2D eigenvalue weighted by molar-refractivity contribution is 6.35. The van der Waals surface area contributed by atoms with E-state index in [1.165, 1.54) is 0 Å². The van der Waals surface area contributed by atoms with Crippen molar-refractivity contribution in [2.24, 2.45) is 13.0 Å². The summed E-state index contributed by atoms with van der Waals surface area (Å²) in [6.45, 7) is 6.19. The van der Waals surface area contributed by atoms with E-state index in [0.29, 0.717) is 39.6 Å². The number of hydrogen-bond acceptors (Lipinski definition) is 5. The first-order valence-corrected chi connectivity index (χ1v) is 13.2. The maximum Gasteiger partial charge on any atom is 0.337 e. The van der Waals surface area contributed by atoms with Gasteiger partial charge in [-0.25, -0.2) is 4.79 Å². The van der Waals surface area contributed by atoms with Crippen molar-refractivity contribution in [3.05, 3.63) is 75.6 Å². The van der Waals surface area contributed by atoms with Gasteiger partial charge in [-0.05, 0) is 56.0 Å². The van der Waals surface area contributed by atoms with Crippen molar-refractivity contribution in [3.8, 4) is 0 Å². The van der Waals surface area contributed by atoms with Crippen LogP contribution in [0.25, 0.3) is 10.9 Å². The minimum Gasteiger partial charge on any atom is -0.512 e. The largest absolute Gasteiger partial charge is 0.512 e. The Bertz CT molecular complexity index is 1380. The molecule has 0 atom stereocenters. The van der Waals surface area contributed by atoms with Crippen LogP contribution >= 0.6 is 11.6 Å². The molecular weight excluding hydrogens is 488 g/mol. The Kier molecular flexibility index (Phi) is 7.01. The highest BCUT2D eigenvalue weighted by atomic mass is 35.5. The van der Waals surface area contributed by atoms with E-state index >= 15 is 0 Å². The zero-order chi connectivity index (χ0) is 26.3. The van der Waals surface area contributed by atoms with Gasteiger partial charge in [-0.15, -0.1) is 0 Å². The number of carboxylic acid groups (broad SMARTS) is 1. The van der Waals surface area contributed by atoms with Crippen LogP contribution < -0.4 is 4.90 Å². The van der Waals surface area contributed by atoms with Gasteiger partial charge in [0.2, 0.25) is 0 Å². The van der Waals surface area contributed by atoms with Crippen LogP contribution in [-0.2, 0) is 7.05 Å². The second-order valence-corrected chi connectivity index (χ2v) is 10.6. The third kappa shape index (κ3) is 5.11. The Labute approximate surface area is 222 Å². The first kappa shape index (κ1) is 25.4. The maximum absolute atomic E-state index is 11.5. The predicted octanol–water partition coefficient (Wildman–Crippen LogP) is 5.64. The molecule has 7 nitrogen and oxygen atoms in total. The molecule has 1 aromatic heterocycles. The second kappa shape index (κ2) is 10.2. The number of allylic oxidation sites excluding steroid dienone is 1. The molecule has 1 aliphatic heterocycles. The molecular formula is C29H33ClN4O3. The lowest BCUT2D eigenvalue weighted by atomic mass is 9.94. The molecule has 194 valence electrons. The average Bonchev–Trinajstić information content (AvgIpc) is 3.67. The summed E-state index contributed by atoms with van der Waals surface area (Å²) < 4.78 is 1.87. The Morgan fingerprint density at radius 1 is 1.11 bits per heavy atom. The molecule has 5 rings (SSSR count). The molecule has 3 N–H and O–H groups in total. The summed E-state index contributed by atoms with van der Waals surface area (Å²) in [5.74, 6) is -0.380. The summed E-state index contributed by atoms with van der Waals surface area (Å²) in [7, 11) is 1.88. The van der Waals surface area contributed by atoms with E-state index in [0.717, 1.165) is 67.7 Å². The lowest BCUT2D eigenvalue weighted by Crippen LogP contribution is -2.46. The topological polar surface area (TPSA) is 92.8 Å². The summed E-state index contributed by atoms with van der Waals surface area (Å²) in [5, 5.41) is 30.6. The second-order valence-electron chi connectivity index (χ2n) is 10.2. The minimum absolute atomic E-state index is 0.170. The number of fused-ring (bicyclic) bond motifs is 1. The lowest BCUT2D eigenvalue weighted by molar-refractivity contribution is 0.0699. The molecule has 0 unspecified atom stereocenters. The van der Waals surface area contributed by atoms with Crippen molar-refractivity contribution in [3.63, 3.8) is 0 Å². The molecule has 8 heteroatoms. The van der Waals surface area contributed by atoms with Crippen molar-refractivity contribution in [2.45, 2.75) is 26.2 Å². The molecule has 0 spiro atoms. The van der Waals surface area contributed by atoms with Crippen LogP contribution in [0.1, 0.15) is 40.7 Å². The molecule has 1 saturated heterocycles. The lowest BCUT2D eigenvalue weighted by Gasteiger charge is -2.36. The first-order chi connectivity index (χ1) is 17.7. The number of rotatable bonds is 8. The van der Waals surface area contributed by atoms with Crippen LogP contribution in [0.3, 0.4) is 0 Å². The third-order valence-electron chi connectivity index (χ3n) is 7.67. The standard InChI is InChI=1S/C29H33ClN4O3/c1-18-4-3-5-24(30)26(18)27(31)22(28(35)19-6-7-19)10-11-33-12-14-34(15-13-33)20-8-9-21-23(29(36)37)17-32(2)25(21)16-20/h3-5,8-9,16-17,19,31,35H,6-7,10-15H2,1-2H3,(H,36,37)/b28-22-,31-27?. The zero-order valence-electron chi connectivity index (χ0n) is 21.3. The van der Waals surface area contributed by atoms with Gasteiger partial charge in [0.05, 0.1) is 21.8 Å². The van der Waals surface area contributed by atoms with Gasteiger partial charge in [-0.2, -0.15) is 0 Å². The van der Waals surface area contributed by atoms with Gasteiger partial charge < -0.3 is 19.7 Å². The highest BCUT2D eigenvalue weighted by Gasteiger charge is 2.31. The summed E-state index contributed by atoms with van der Waals surface area (Å²) >= 11 is 6.46. The van der Waals surface area contributed by atoms with Gasteiger partial charge in [0.1, 0.15) is 5.76 Å². The Morgan fingerprint density at radius 3 is 2.49 bits per heavy atom. The number of piperazine rings is 1. The fourth-order valence-electron chi connectivity index (χ4n) is 5.32. The predicted molar refractivity (Wildman–Crippen MR) is 149 cm³/mol. The van der Waals surface area contributed by atoms with E-state index < -0.39 is 5.97 Å². The molecule has 2 fully saturated rings. The van der Waals surface area contributed by atoms with Crippen molar-refractivity contribution in [2.75, 3.05) is 37.6 Å². The fourth-order valence-corrected chi connectivity index (χ4v) is 5.64. The molecule has 0 bridgehead atoms. The maximum atomic E-state index is 11.5. The average molecular weight is 521 g/mol. The van der Waals surface area contributed by atoms with Crippen molar-refractivity contribution >= 4 is 39.9 Å². The normalized spacial score (nSPS) is 17.2. The zero-order valence-corrected chi connectivity index (χ0v) is 22.1. The van der Waals surface area contributed by atoms with E-state index in [1.807, 2.05) is 42.8 Å². The van der Waals surface area contributed by atoms with Crippen LogP contribution in [-0.4, -0.2) is 64.1 Å². The number of aryl methyl sites for hydroxylation is 2. The molecule has 3 aromatic rings. The Morgan fingerprint density at radius 2 is 1.84 bits per heavy atom. The monoisotopic (exact) mass is 520 g/mol. The summed E-state index contributed by atoms with van der Waals surface area (Å²) in [6.07, 6.45) is 4.22. The van der Waals surface area contributed by atoms with Gasteiger partial charge in [-0.1, -0.05) is 23.7 Å². The van der Waals surface area contributed by atoms with Crippen LogP contribution in [0.2, 0.25) is 5.02 Å². The molecule has 2 aliphatic rings. The van der Waals surface area contributed by atoms with Crippen molar-refractivity contribution in [1.82, 2.24) is 9.47 Å². The van der Waals surface area contributed by atoms with Crippen LogP contribution in [0, 0.1) is 18.3 Å². The third-order valence-corrected chi connectivity index (χ3v) is 7.98. The number of aliphatic hydroxyl groups excluding tert-OH is 1. The smallest absolute Gasteiger partial charge is 0.337 e. The molecule has 0 radical (unpaired) electrons. The highest BCUT2D eigenvalue weighted by Crippen LogP contribution is 2.38. The number of halogens is 1. The van der Waals surface area contributed by atoms with E-state index in [-0.39, 0.29) is 5.92 Å². The van der Waals surface area contributed by atoms with Crippen LogP contribution in [0.15, 0.2) is 53.9 Å². The van der Waals surface area contributed by atoms with Gasteiger partial charge in [0.15, 0.2) is 0 Å². The Balaban J connectivity index is 1.26. The van der Waals surface area contributed by atoms with Crippen LogP contribution in [0.4, 0.5) is 5.69 Å². The van der Waals surface area contributed by atoms with Crippen molar-refractivity contribution in [1.29, 1.82) is 5.41 Å². The summed E-state index contributed by atoms with van der Waals surface area (Å²) in [5.41, 5.74) is 5.03. The number of aliphatic hydroxyl groups is 1. The van der Waals surface area contributed by atoms with E-state index in [2.05, 4.69) is 15.9 Å². The number of nitrogens with one attached hydrogen (secondary N) is 1.